The molecule has 4 heteroatoms. The molecule has 0 aliphatic heterocycles. The highest BCUT2D eigenvalue weighted by molar-refractivity contribution is 6.99. The Bertz CT molecular complexity index is 869. The molecular formula is C27H38O2Si2. The third-order valence-corrected chi connectivity index (χ3v) is 12.1. The third kappa shape index (κ3) is 5.59. The fraction of sp³-hybridized carbons (Fsp3) is 0.481. The van der Waals surface area contributed by atoms with Crippen molar-refractivity contribution in [1.82, 2.24) is 0 Å². The average molecular weight is 451 g/mol. The number of hydrogen-bond donors (Lipinski definition) is 1. The normalized spacial score (nSPS) is 21.7. The third-order valence-electron chi connectivity index (χ3n) is 6.17. The van der Waals surface area contributed by atoms with Crippen molar-refractivity contribution in [3.8, 4) is 11.5 Å². The van der Waals surface area contributed by atoms with E-state index < -0.39 is 22.0 Å². The zero-order valence-corrected chi connectivity index (χ0v) is 22.0. The lowest BCUT2D eigenvalue weighted by Crippen LogP contribution is -2.67. The van der Waals surface area contributed by atoms with Gasteiger partial charge in [-0.2, -0.15) is 0 Å². The molecule has 31 heavy (non-hydrogen) atoms. The molecule has 0 unspecified atom stereocenters. The highest BCUT2D eigenvalue weighted by Crippen LogP contribution is 2.42. The second-order valence-corrected chi connectivity index (χ2v) is 20.3. The van der Waals surface area contributed by atoms with Gasteiger partial charge >= 0.3 is 0 Å². The summed E-state index contributed by atoms with van der Waals surface area (Å²) in [7, 11) is -3.89. The highest BCUT2D eigenvalue weighted by atomic mass is 28.4. The Hall–Kier alpha value is -1.65. The van der Waals surface area contributed by atoms with Gasteiger partial charge in [-0.1, -0.05) is 101 Å². The molecule has 1 aliphatic carbocycles. The van der Waals surface area contributed by atoms with Gasteiger partial charge in [0, 0.05) is 13.0 Å². The lowest BCUT2D eigenvalue weighted by molar-refractivity contribution is -0.0809. The molecule has 0 radical (unpaired) electrons. The van der Waals surface area contributed by atoms with Crippen molar-refractivity contribution < 1.29 is 9.53 Å². The molecule has 1 fully saturated rings. The van der Waals surface area contributed by atoms with E-state index in [0.717, 1.165) is 12.8 Å². The second kappa shape index (κ2) is 9.07. The fourth-order valence-electron chi connectivity index (χ4n) is 4.76. The summed E-state index contributed by atoms with van der Waals surface area (Å²) in [5, 5.41) is 13.5. The first-order chi connectivity index (χ1) is 14.5. The van der Waals surface area contributed by atoms with Crippen LogP contribution in [0.4, 0.5) is 0 Å². The Morgan fingerprint density at radius 2 is 1.42 bits per heavy atom. The SMILES string of the molecule is CC(C)(C)[Si](OC[C@H]1C[C@@](O)(CC#C[Si](C)(C)C)C1)(c1ccccc1)c1ccccc1. The highest BCUT2D eigenvalue weighted by Gasteiger charge is 2.51. The summed E-state index contributed by atoms with van der Waals surface area (Å²) in [5.74, 6) is 3.66. The molecule has 0 spiro atoms. The largest absolute Gasteiger partial charge is 0.407 e. The summed E-state index contributed by atoms with van der Waals surface area (Å²) >= 11 is 0. The van der Waals surface area contributed by atoms with E-state index in [1.807, 2.05) is 0 Å². The number of rotatable bonds is 6. The summed E-state index contributed by atoms with van der Waals surface area (Å²) in [6, 6.07) is 21.5. The monoisotopic (exact) mass is 450 g/mol. The lowest BCUT2D eigenvalue weighted by atomic mass is 9.70. The molecular weight excluding hydrogens is 412 g/mol. The Morgan fingerprint density at radius 3 is 1.84 bits per heavy atom. The molecule has 1 aliphatic rings. The lowest BCUT2D eigenvalue weighted by Gasteiger charge is -2.47. The van der Waals surface area contributed by atoms with Crippen LogP contribution in [0.2, 0.25) is 24.7 Å². The zero-order valence-electron chi connectivity index (χ0n) is 20.0. The van der Waals surface area contributed by atoms with Crippen LogP contribution in [0.1, 0.15) is 40.0 Å². The first-order valence-electron chi connectivity index (χ1n) is 11.4. The first kappa shape index (κ1) is 24.0. The van der Waals surface area contributed by atoms with E-state index >= 15 is 0 Å². The summed E-state index contributed by atoms with van der Waals surface area (Å²) in [6.07, 6.45) is 2.16. The minimum atomic E-state index is -2.50. The van der Waals surface area contributed by atoms with Crippen molar-refractivity contribution in [2.24, 2.45) is 5.92 Å². The average Bonchev–Trinajstić information content (AvgIpc) is 2.66. The predicted molar refractivity (Wildman–Crippen MR) is 137 cm³/mol. The summed E-state index contributed by atoms with van der Waals surface area (Å²) < 4.78 is 7.02. The van der Waals surface area contributed by atoms with Crippen LogP contribution in [0.3, 0.4) is 0 Å². The maximum Gasteiger partial charge on any atom is 0.261 e. The Balaban J connectivity index is 1.79. The van der Waals surface area contributed by atoms with Gasteiger partial charge in [-0.25, -0.2) is 0 Å². The van der Waals surface area contributed by atoms with Gasteiger partial charge in [0.25, 0.3) is 8.32 Å². The van der Waals surface area contributed by atoms with Gasteiger partial charge < -0.3 is 9.53 Å². The van der Waals surface area contributed by atoms with Crippen molar-refractivity contribution in [3.05, 3.63) is 60.7 Å². The zero-order chi connectivity index (χ0) is 22.8. The van der Waals surface area contributed by atoms with Crippen LogP contribution in [0.5, 0.6) is 0 Å². The van der Waals surface area contributed by atoms with E-state index in [0.29, 0.717) is 18.9 Å². The number of benzene rings is 2. The van der Waals surface area contributed by atoms with E-state index in [-0.39, 0.29) is 5.04 Å². The molecule has 0 bridgehead atoms. The molecule has 0 aromatic heterocycles. The van der Waals surface area contributed by atoms with Crippen LogP contribution in [-0.4, -0.2) is 33.7 Å². The maximum absolute atomic E-state index is 10.9. The Labute approximate surface area is 191 Å². The van der Waals surface area contributed by atoms with Gasteiger partial charge in [0.1, 0.15) is 8.07 Å². The van der Waals surface area contributed by atoms with Crippen molar-refractivity contribution in [1.29, 1.82) is 0 Å². The van der Waals surface area contributed by atoms with E-state index in [2.05, 4.69) is 113 Å². The summed E-state index contributed by atoms with van der Waals surface area (Å²) in [6.45, 7) is 14.3. The van der Waals surface area contributed by atoms with Gasteiger partial charge in [0.05, 0.1) is 5.60 Å². The van der Waals surface area contributed by atoms with Gasteiger partial charge in [-0.3, -0.25) is 0 Å². The summed E-state index contributed by atoms with van der Waals surface area (Å²) in [4.78, 5) is 0. The smallest absolute Gasteiger partial charge is 0.261 e. The molecule has 0 heterocycles. The topological polar surface area (TPSA) is 29.5 Å². The van der Waals surface area contributed by atoms with E-state index in [1.165, 1.54) is 10.4 Å². The molecule has 166 valence electrons. The van der Waals surface area contributed by atoms with Crippen molar-refractivity contribution in [2.45, 2.75) is 70.3 Å². The van der Waals surface area contributed by atoms with Crippen LogP contribution >= 0.6 is 0 Å². The molecule has 0 atom stereocenters. The Kier molecular flexibility index (Phi) is 7.03. The minimum Gasteiger partial charge on any atom is -0.407 e. The second-order valence-electron chi connectivity index (χ2n) is 11.2. The quantitative estimate of drug-likeness (QED) is 0.497. The molecule has 2 aromatic rings. The molecule has 0 saturated heterocycles. The molecule has 1 saturated carbocycles. The van der Waals surface area contributed by atoms with E-state index in [4.69, 9.17) is 4.43 Å². The molecule has 1 N–H and O–H groups in total. The molecule has 2 nitrogen and oxygen atoms in total. The maximum atomic E-state index is 10.9. The van der Waals surface area contributed by atoms with Crippen LogP contribution in [0.15, 0.2) is 60.7 Å². The predicted octanol–water partition coefficient (Wildman–Crippen LogP) is 4.98. The molecule has 3 rings (SSSR count). The van der Waals surface area contributed by atoms with E-state index in [1.54, 1.807) is 0 Å². The number of aliphatic hydroxyl groups is 1. The Morgan fingerprint density at radius 1 is 0.935 bits per heavy atom. The first-order valence-corrected chi connectivity index (χ1v) is 16.8. The summed E-state index contributed by atoms with van der Waals surface area (Å²) in [5.41, 5.74) is 2.75. The van der Waals surface area contributed by atoms with Gasteiger partial charge in [0.2, 0.25) is 0 Å². The standard InChI is InChI=1S/C27H38O2Si2/c1-26(2,3)31(24-14-9-7-10-15-24,25-16-11-8-12-17-25)29-22-23-20-27(28,21-23)18-13-19-30(4,5)6/h7-12,14-17,23,28H,18,20-22H2,1-6H3/t23-,27-. The number of hydrogen-bond acceptors (Lipinski definition) is 2. The van der Waals surface area contributed by atoms with Crippen LogP contribution in [0.25, 0.3) is 0 Å². The van der Waals surface area contributed by atoms with Crippen molar-refractivity contribution in [3.63, 3.8) is 0 Å². The van der Waals surface area contributed by atoms with E-state index in [9.17, 15) is 5.11 Å². The molecule has 0 amide bonds. The fourth-order valence-corrected chi connectivity index (χ4v) is 10.0. The van der Waals surface area contributed by atoms with Crippen molar-refractivity contribution in [2.75, 3.05) is 6.61 Å². The minimum absolute atomic E-state index is 0.0153. The molecule has 2 aromatic carbocycles. The van der Waals surface area contributed by atoms with Gasteiger partial charge in [-0.05, 0) is 34.2 Å². The van der Waals surface area contributed by atoms with Crippen LogP contribution in [0, 0.1) is 17.4 Å². The van der Waals surface area contributed by atoms with Crippen LogP contribution < -0.4 is 10.4 Å². The van der Waals surface area contributed by atoms with Crippen LogP contribution in [-0.2, 0) is 4.43 Å². The van der Waals surface area contributed by atoms with Gasteiger partial charge in [-0.15, -0.1) is 11.5 Å². The van der Waals surface area contributed by atoms with Crippen molar-refractivity contribution >= 4 is 26.8 Å². The van der Waals surface area contributed by atoms with Gasteiger partial charge in [0.15, 0.2) is 0 Å².